The van der Waals surface area contributed by atoms with E-state index in [1.54, 1.807) is 0 Å². The fraction of sp³-hybridized carbons (Fsp3) is 0.0533. The van der Waals surface area contributed by atoms with Crippen LogP contribution in [0.3, 0.4) is 0 Å². The first-order valence-corrected chi connectivity index (χ1v) is 27.4. The van der Waals surface area contributed by atoms with Crippen molar-refractivity contribution < 1.29 is 0 Å². The molecule has 0 radical (unpaired) electrons. The quantitative estimate of drug-likeness (QED) is 0.167. The molecule has 0 amide bonds. The number of rotatable bonds is 6. The summed E-state index contributed by atoms with van der Waals surface area (Å²) in [6.45, 7) is 4.78. The van der Waals surface area contributed by atoms with Crippen LogP contribution in [0.5, 0.6) is 0 Å². The Bertz CT molecular complexity index is 4880. The Balaban J connectivity index is 0.854. The fourth-order valence-corrected chi connectivity index (χ4v) is 14.4. The largest absolute Gasteiger partial charge is 0.308 e. The molecule has 0 unspecified atom stereocenters. The number of fused-ring (bicyclic) bond motifs is 11. The number of benzene rings is 12. The molecule has 3 aliphatic rings. The third-order valence-corrected chi connectivity index (χ3v) is 17.9. The predicted octanol–water partition coefficient (Wildman–Crippen LogP) is 18.6. The van der Waals surface area contributed by atoms with E-state index >= 15 is 0 Å². The summed E-state index contributed by atoms with van der Waals surface area (Å²) in [5, 5.41) is 7.05. The second-order valence-electron chi connectivity index (χ2n) is 22.2. The maximum absolute atomic E-state index is 5.44. The Morgan fingerprint density at radius 1 is 0.329 bits per heavy atom. The summed E-state index contributed by atoms with van der Waals surface area (Å²) >= 11 is 0. The lowest BCUT2D eigenvalue weighted by Gasteiger charge is -2.33. The second kappa shape index (κ2) is 16.2. The van der Waals surface area contributed by atoms with Gasteiger partial charge in [0.05, 0.1) is 22.1 Å². The van der Waals surface area contributed by atoms with Crippen LogP contribution in [0.4, 0.5) is 0 Å². The van der Waals surface area contributed by atoms with Gasteiger partial charge in [-0.3, -0.25) is 0 Å². The SMILES string of the molecule is CC1(C)c2cccc3c2-c2c1ccc1c4c(-c5cccc6cc(-c7nc(-c8ccc9c(c8)-c8ccccc8C9(c8ccccc8)c8ccccc8)nc(-c8cccc9ccccc89)n7)ccc56)cccc4n(c21)-c1ccccc1-3. The van der Waals surface area contributed by atoms with Crippen molar-refractivity contribution >= 4 is 43.4 Å². The van der Waals surface area contributed by atoms with Gasteiger partial charge >= 0.3 is 0 Å². The van der Waals surface area contributed by atoms with Crippen LogP contribution in [-0.4, -0.2) is 19.5 Å². The highest BCUT2D eigenvalue weighted by atomic mass is 15.0. The van der Waals surface area contributed by atoms with E-state index in [1.807, 2.05) is 0 Å². The van der Waals surface area contributed by atoms with Gasteiger partial charge in [-0.25, -0.2) is 15.0 Å². The van der Waals surface area contributed by atoms with Crippen LogP contribution in [-0.2, 0) is 10.8 Å². The molecule has 4 nitrogen and oxygen atoms in total. The molecule has 17 rings (SSSR count). The van der Waals surface area contributed by atoms with Crippen LogP contribution < -0.4 is 0 Å². The Labute approximate surface area is 457 Å². The standard InChI is InChI=1S/C75H48N4/c1-74(2)63-34-17-30-57-55-28-12-14-35-65(55)79-66-36-18-31-56(67(66)59-40-42-64(74)69(68(57)63)70(59)79)53-29-16-21-46-43-47(37-39-52(46)53)71-76-72(78-73(77-71)58-32-15-20-45-19-9-10-26-51(45)58)48-38-41-62-60(44-48)54-27-11-13-33-61(54)75(62,49-22-5-3-6-23-49)50-24-7-4-8-25-50/h3-44H,1-2H3. The molecular formula is C75H48N4. The second-order valence-corrected chi connectivity index (χ2v) is 22.2. The molecule has 79 heavy (non-hydrogen) atoms. The highest BCUT2D eigenvalue weighted by molar-refractivity contribution is 6.23. The van der Waals surface area contributed by atoms with Crippen molar-refractivity contribution in [2.75, 3.05) is 0 Å². The molecular weight excluding hydrogens is 957 g/mol. The molecule has 0 atom stereocenters. The molecule has 3 heterocycles. The van der Waals surface area contributed by atoms with Crippen molar-refractivity contribution in [1.82, 2.24) is 19.5 Å². The van der Waals surface area contributed by atoms with Crippen molar-refractivity contribution in [3.8, 4) is 84.4 Å². The first-order valence-electron chi connectivity index (χ1n) is 27.4. The van der Waals surface area contributed by atoms with Crippen molar-refractivity contribution in [2.45, 2.75) is 24.7 Å². The Hall–Kier alpha value is -10.0. The summed E-state index contributed by atoms with van der Waals surface area (Å²) in [4.78, 5) is 16.2. The van der Waals surface area contributed by atoms with E-state index in [1.165, 1.54) is 111 Å². The fourth-order valence-electron chi connectivity index (χ4n) is 14.4. The summed E-state index contributed by atoms with van der Waals surface area (Å²) in [6.07, 6.45) is 0. The first-order chi connectivity index (χ1) is 38.9. The zero-order valence-electron chi connectivity index (χ0n) is 43.5. The van der Waals surface area contributed by atoms with Gasteiger partial charge in [0.25, 0.3) is 0 Å². The molecule has 368 valence electrons. The molecule has 1 aliphatic heterocycles. The van der Waals surface area contributed by atoms with E-state index in [0.29, 0.717) is 17.5 Å². The topological polar surface area (TPSA) is 43.6 Å². The normalized spacial score (nSPS) is 13.9. The average molecular weight is 1010 g/mol. The van der Waals surface area contributed by atoms with Gasteiger partial charge < -0.3 is 4.57 Å². The third-order valence-electron chi connectivity index (χ3n) is 17.9. The number of aromatic nitrogens is 4. The summed E-state index contributed by atoms with van der Waals surface area (Å²) < 4.78 is 2.56. The van der Waals surface area contributed by atoms with Crippen molar-refractivity contribution in [2.24, 2.45) is 0 Å². The zero-order chi connectivity index (χ0) is 52.1. The van der Waals surface area contributed by atoms with Gasteiger partial charge in [-0.15, -0.1) is 0 Å². The van der Waals surface area contributed by atoms with Gasteiger partial charge in [0.15, 0.2) is 17.5 Å². The summed E-state index contributed by atoms with van der Waals surface area (Å²) in [5.41, 5.74) is 23.8. The monoisotopic (exact) mass is 1000 g/mol. The number of hydrogen-bond donors (Lipinski definition) is 0. The van der Waals surface area contributed by atoms with Crippen LogP contribution in [0.1, 0.15) is 47.2 Å². The molecule has 0 spiro atoms. The molecule has 0 saturated heterocycles. The number of nitrogens with zero attached hydrogens (tertiary/aromatic N) is 4. The molecule has 4 heteroatoms. The molecule has 0 N–H and O–H groups in total. The lowest BCUT2D eigenvalue weighted by Crippen LogP contribution is -2.28. The first kappa shape index (κ1) is 44.1. The van der Waals surface area contributed by atoms with Crippen molar-refractivity contribution in [3.63, 3.8) is 0 Å². The number of para-hydroxylation sites is 1. The summed E-state index contributed by atoms with van der Waals surface area (Å²) in [6, 6.07) is 93.6. The lowest BCUT2D eigenvalue weighted by molar-refractivity contribution is 0.661. The van der Waals surface area contributed by atoms with Gasteiger partial charge in [0, 0.05) is 44.0 Å². The molecule has 2 aromatic heterocycles. The van der Waals surface area contributed by atoms with Gasteiger partial charge in [-0.1, -0.05) is 244 Å². The van der Waals surface area contributed by atoms with Crippen molar-refractivity contribution in [1.29, 1.82) is 0 Å². The van der Waals surface area contributed by atoms with E-state index in [4.69, 9.17) is 15.0 Å². The Kier molecular flexibility index (Phi) is 9.08. The maximum Gasteiger partial charge on any atom is 0.164 e. The van der Waals surface area contributed by atoms with E-state index < -0.39 is 5.41 Å². The molecule has 2 aliphatic carbocycles. The van der Waals surface area contributed by atoms with Crippen LogP contribution in [0.15, 0.2) is 255 Å². The Morgan fingerprint density at radius 2 is 0.861 bits per heavy atom. The van der Waals surface area contributed by atoms with Crippen LogP contribution in [0, 0.1) is 0 Å². The highest BCUT2D eigenvalue weighted by Crippen LogP contribution is 2.60. The summed E-state index contributed by atoms with van der Waals surface area (Å²) in [5.74, 6) is 1.89. The van der Waals surface area contributed by atoms with Gasteiger partial charge in [0.2, 0.25) is 0 Å². The van der Waals surface area contributed by atoms with E-state index in [0.717, 1.165) is 32.8 Å². The predicted molar refractivity (Wildman–Crippen MR) is 325 cm³/mol. The van der Waals surface area contributed by atoms with Gasteiger partial charge in [0.1, 0.15) is 0 Å². The average Bonchev–Trinajstić information content (AvgIpc) is 3.01. The minimum Gasteiger partial charge on any atom is -0.308 e. The minimum absolute atomic E-state index is 0.126. The minimum atomic E-state index is -0.509. The third kappa shape index (κ3) is 6.00. The lowest BCUT2D eigenvalue weighted by atomic mass is 9.67. The van der Waals surface area contributed by atoms with Gasteiger partial charge in [-0.2, -0.15) is 0 Å². The van der Waals surface area contributed by atoms with E-state index in [9.17, 15) is 0 Å². The molecule has 0 fully saturated rings. The maximum atomic E-state index is 5.44. The smallest absolute Gasteiger partial charge is 0.164 e. The van der Waals surface area contributed by atoms with E-state index in [2.05, 4.69) is 273 Å². The number of hydrogen-bond acceptors (Lipinski definition) is 3. The molecule has 12 aromatic carbocycles. The van der Waals surface area contributed by atoms with Crippen LogP contribution >= 0.6 is 0 Å². The summed E-state index contributed by atoms with van der Waals surface area (Å²) in [7, 11) is 0. The van der Waals surface area contributed by atoms with Gasteiger partial charge in [-0.05, 0) is 113 Å². The molecule has 0 saturated carbocycles. The highest BCUT2D eigenvalue weighted by Gasteiger charge is 2.46. The van der Waals surface area contributed by atoms with Crippen LogP contribution in [0.25, 0.3) is 128 Å². The Morgan fingerprint density at radius 3 is 1.68 bits per heavy atom. The zero-order valence-corrected chi connectivity index (χ0v) is 43.5. The van der Waals surface area contributed by atoms with Crippen LogP contribution in [0.2, 0.25) is 0 Å². The van der Waals surface area contributed by atoms with Crippen molar-refractivity contribution in [3.05, 3.63) is 288 Å². The van der Waals surface area contributed by atoms with E-state index in [-0.39, 0.29) is 5.41 Å². The molecule has 14 aromatic rings. The molecule has 0 bridgehead atoms.